The number of thioether (sulfide) groups is 1. The molecule has 1 aromatic rings. The molecule has 0 bridgehead atoms. The van der Waals surface area contributed by atoms with E-state index in [1.807, 2.05) is 37.3 Å². The smallest absolute Gasteiger partial charge is 0.210 e. The summed E-state index contributed by atoms with van der Waals surface area (Å²) in [5.41, 5.74) is 1.03. The van der Waals surface area contributed by atoms with Crippen molar-refractivity contribution in [3.63, 3.8) is 0 Å². The molecular weight excluding hydrogens is 326 g/mol. The van der Waals surface area contributed by atoms with Crippen LogP contribution in [0.1, 0.15) is 50.6 Å². The van der Waals surface area contributed by atoms with Crippen LogP contribution in [-0.2, 0) is 4.79 Å². The lowest BCUT2D eigenvalue weighted by Crippen LogP contribution is -2.42. The van der Waals surface area contributed by atoms with Crippen molar-refractivity contribution in [1.82, 2.24) is 4.90 Å². The topological polar surface area (TPSA) is 20.3 Å². The third kappa shape index (κ3) is 5.10. The second-order valence-electron chi connectivity index (χ2n) is 5.98. The molecule has 2 nitrogen and oxygen atoms in total. The summed E-state index contributed by atoms with van der Waals surface area (Å²) in [6, 6.07) is 7.98. The molecule has 4 heteroatoms. The van der Waals surface area contributed by atoms with Crippen LogP contribution in [0.5, 0.6) is 0 Å². The molecule has 0 N–H and O–H groups in total. The molecule has 0 radical (unpaired) electrons. The molecule has 126 valence electrons. The highest BCUT2D eigenvalue weighted by molar-refractivity contribution is 8.13. The molecule has 1 unspecified atom stereocenters. The minimum Gasteiger partial charge on any atom is -0.285 e. The zero-order valence-corrected chi connectivity index (χ0v) is 15.4. The van der Waals surface area contributed by atoms with Crippen LogP contribution in [0.3, 0.4) is 0 Å². The normalized spacial score (nSPS) is 17.2. The Balaban J connectivity index is 2.32. The highest BCUT2D eigenvalue weighted by Crippen LogP contribution is 2.33. The van der Waals surface area contributed by atoms with Gasteiger partial charge in [-0.15, -0.1) is 6.58 Å². The second-order valence-corrected chi connectivity index (χ2v) is 7.69. The fraction of sp³-hybridized carbons (Fsp3) is 0.526. The van der Waals surface area contributed by atoms with Crippen molar-refractivity contribution in [2.24, 2.45) is 0 Å². The van der Waals surface area contributed by atoms with Gasteiger partial charge >= 0.3 is 0 Å². The summed E-state index contributed by atoms with van der Waals surface area (Å²) in [5.74, 6) is 0.801. The molecule has 1 aliphatic carbocycles. The van der Waals surface area contributed by atoms with Gasteiger partial charge in [-0.25, -0.2) is 0 Å². The van der Waals surface area contributed by atoms with Gasteiger partial charge in [0.2, 0.25) is 5.12 Å². The van der Waals surface area contributed by atoms with E-state index in [1.165, 1.54) is 43.9 Å². The summed E-state index contributed by atoms with van der Waals surface area (Å²) in [6.45, 7) is 6.68. The van der Waals surface area contributed by atoms with Crippen LogP contribution in [0.4, 0.5) is 0 Å². The first-order valence-corrected chi connectivity index (χ1v) is 9.82. The van der Waals surface area contributed by atoms with Crippen LogP contribution < -0.4 is 0 Å². The number of carbonyl (C=O) groups is 1. The van der Waals surface area contributed by atoms with Gasteiger partial charge in [-0.2, -0.15) is 0 Å². The van der Waals surface area contributed by atoms with Gasteiger partial charge in [-0.3, -0.25) is 9.69 Å². The van der Waals surface area contributed by atoms with E-state index in [4.69, 9.17) is 11.6 Å². The number of nitrogens with zero attached hydrogens (tertiary/aromatic N) is 1. The van der Waals surface area contributed by atoms with E-state index in [0.717, 1.165) is 17.9 Å². The van der Waals surface area contributed by atoms with E-state index >= 15 is 0 Å². The average molecular weight is 352 g/mol. The molecule has 0 amide bonds. The standard InChI is InChI=1S/C19H26ClNOS/c1-3-14-21(17-8-6-5-7-9-17)18(19(22)23-4-2)15-10-12-16(20)13-11-15/h3,10-13,17-18H,1,4-9,14H2,2H3. The van der Waals surface area contributed by atoms with Crippen molar-refractivity contribution < 1.29 is 4.79 Å². The van der Waals surface area contributed by atoms with Gasteiger partial charge in [0.1, 0.15) is 6.04 Å². The molecule has 0 heterocycles. The zero-order valence-electron chi connectivity index (χ0n) is 13.8. The third-order valence-corrected chi connectivity index (χ3v) is 5.46. The summed E-state index contributed by atoms with van der Waals surface area (Å²) in [6.07, 6.45) is 8.06. The molecule has 1 aromatic carbocycles. The summed E-state index contributed by atoms with van der Waals surface area (Å²) in [4.78, 5) is 15.2. The molecule has 1 fully saturated rings. The number of carbonyl (C=O) groups excluding carboxylic acids is 1. The monoisotopic (exact) mass is 351 g/mol. The Kier molecular flexibility index (Phi) is 7.68. The van der Waals surface area contributed by atoms with Crippen LogP contribution in [0, 0.1) is 0 Å². The Hall–Kier alpha value is -0.770. The third-order valence-electron chi connectivity index (χ3n) is 4.41. The molecule has 1 saturated carbocycles. The molecule has 1 aliphatic rings. The molecular formula is C19H26ClNOS. The average Bonchev–Trinajstić information content (AvgIpc) is 2.57. The van der Waals surface area contributed by atoms with Crippen LogP contribution >= 0.6 is 23.4 Å². The molecule has 23 heavy (non-hydrogen) atoms. The van der Waals surface area contributed by atoms with Crippen molar-refractivity contribution >= 4 is 28.5 Å². The first-order chi connectivity index (χ1) is 11.2. The maximum Gasteiger partial charge on any atom is 0.210 e. The summed E-state index contributed by atoms with van der Waals surface area (Å²) < 4.78 is 0. The zero-order chi connectivity index (χ0) is 16.7. The summed E-state index contributed by atoms with van der Waals surface area (Å²) in [7, 11) is 0. The van der Waals surface area contributed by atoms with E-state index in [0.29, 0.717) is 11.1 Å². The molecule has 0 aromatic heterocycles. The van der Waals surface area contributed by atoms with Gasteiger partial charge in [0, 0.05) is 17.6 Å². The molecule has 2 rings (SSSR count). The fourth-order valence-corrected chi connectivity index (χ4v) is 4.20. The Labute approximate surface area is 149 Å². The van der Waals surface area contributed by atoms with Crippen LogP contribution in [0.2, 0.25) is 5.02 Å². The Morgan fingerprint density at radius 2 is 2.00 bits per heavy atom. The minimum atomic E-state index is -0.210. The Bertz CT molecular complexity index is 511. The summed E-state index contributed by atoms with van der Waals surface area (Å²) in [5, 5.41) is 0.929. The Morgan fingerprint density at radius 3 is 2.57 bits per heavy atom. The lowest BCUT2D eigenvalue weighted by atomic mass is 9.92. The lowest BCUT2D eigenvalue weighted by molar-refractivity contribution is -0.117. The number of rotatable bonds is 7. The number of hydrogen-bond acceptors (Lipinski definition) is 3. The van der Waals surface area contributed by atoms with E-state index in [1.54, 1.807) is 0 Å². The quantitative estimate of drug-likeness (QED) is 0.606. The maximum absolute atomic E-state index is 12.8. The molecule has 0 saturated heterocycles. The van der Waals surface area contributed by atoms with E-state index in [2.05, 4.69) is 11.5 Å². The SMILES string of the molecule is C=CCN(C1CCCCC1)C(C(=O)SCC)c1ccc(Cl)cc1. The van der Waals surface area contributed by atoms with E-state index in [9.17, 15) is 4.79 Å². The van der Waals surface area contributed by atoms with Crippen LogP contribution in [0.15, 0.2) is 36.9 Å². The maximum atomic E-state index is 12.8. The largest absolute Gasteiger partial charge is 0.285 e. The molecule has 0 aliphatic heterocycles. The van der Waals surface area contributed by atoms with Crippen molar-refractivity contribution in [2.75, 3.05) is 12.3 Å². The van der Waals surface area contributed by atoms with Crippen LogP contribution in [0.25, 0.3) is 0 Å². The predicted molar refractivity (Wildman–Crippen MR) is 101 cm³/mol. The van der Waals surface area contributed by atoms with Gasteiger partial charge < -0.3 is 0 Å². The predicted octanol–water partition coefficient (Wildman–Crippen LogP) is 5.48. The summed E-state index contributed by atoms with van der Waals surface area (Å²) >= 11 is 7.44. The van der Waals surface area contributed by atoms with Gasteiger partial charge in [-0.05, 0) is 36.3 Å². The van der Waals surface area contributed by atoms with Crippen LogP contribution in [-0.4, -0.2) is 28.4 Å². The number of halogens is 1. The van der Waals surface area contributed by atoms with Gasteiger partial charge in [0.15, 0.2) is 0 Å². The first-order valence-electron chi connectivity index (χ1n) is 8.46. The minimum absolute atomic E-state index is 0.210. The lowest BCUT2D eigenvalue weighted by Gasteiger charge is -2.38. The van der Waals surface area contributed by atoms with Crippen molar-refractivity contribution in [1.29, 1.82) is 0 Å². The number of benzene rings is 1. The fourth-order valence-electron chi connectivity index (χ4n) is 3.36. The van der Waals surface area contributed by atoms with Crippen molar-refractivity contribution in [2.45, 2.75) is 51.1 Å². The van der Waals surface area contributed by atoms with Crippen molar-refractivity contribution in [3.05, 3.63) is 47.5 Å². The van der Waals surface area contributed by atoms with Gasteiger partial charge in [0.05, 0.1) is 0 Å². The number of hydrogen-bond donors (Lipinski definition) is 0. The highest BCUT2D eigenvalue weighted by atomic mass is 35.5. The van der Waals surface area contributed by atoms with E-state index in [-0.39, 0.29) is 11.2 Å². The van der Waals surface area contributed by atoms with Gasteiger partial charge in [-0.1, -0.05) is 67.8 Å². The Morgan fingerprint density at radius 1 is 1.35 bits per heavy atom. The molecule has 1 atom stereocenters. The second kappa shape index (κ2) is 9.51. The van der Waals surface area contributed by atoms with Gasteiger partial charge in [0.25, 0.3) is 0 Å². The molecule has 0 spiro atoms. The highest BCUT2D eigenvalue weighted by Gasteiger charge is 2.32. The van der Waals surface area contributed by atoms with E-state index < -0.39 is 0 Å². The first kappa shape index (κ1) is 18.6. The van der Waals surface area contributed by atoms with Crippen molar-refractivity contribution in [3.8, 4) is 0 Å².